The smallest absolute Gasteiger partial charge is 0.410 e. The van der Waals surface area contributed by atoms with Crippen LogP contribution in [0.1, 0.15) is 74.7 Å². The number of likely N-dealkylation sites (tertiary alicyclic amines) is 2. The number of nitrogens with one attached hydrogen (secondary N) is 2. The normalized spacial score (nSPS) is 22.1. The van der Waals surface area contributed by atoms with Gasteiger partial charge >= 0.3 is 6.09 Å². The van der Waals surface area contributed by atoms with Crippen LogP contribution in [0.15, 0.2) is 18.2 Å². The third kappa shape index (κ3) is 7.62. The number of amides is 3. The van der Waals surface area contributed by atoms with E-state index in [0.29, 0.717) is 31.1 Å². The Morgan fingerprint density at radius 1 is 1.08 bits per heavy atom. The Bertz CT molecular complexity index is 970. The molecule has 0 bridgehead atoms. The zero-order valence-corrected chi connectivity index (χ0v) is 23.2. The van der Waals surface area contributed by atoms with Crippen molar-refractivity contribution in [2.75, 3.05) is 39.3 Å². The van der Waals surface area contributed by atoms with Crippen molar-refractivity contribution >= 4 is 17.9 Å². The summed E-state index contributed by atoms with van der Waals surface area (Å²) in [6.45, 7) is 10.1. The third-order valence-corrected chi connectivity index (χ3v) is 7.86. The predicted octanol–water partition coefficient (Wildman–Crippen LogP) is 3.49. The summed E-state index contributed by atoms with van der Waals surface area (Å²) in [6.07, 6.45) is 6.52. The molecule has 210 valence electrons. The second kappa shape index (κ2) is 13.3. The molecule has 3 aliphatic heterocycles. The molecule has 3 fully saturated rings. The molecule has 3 heterocycles. The molecule has 9 heteroatoms. The number of piperidine rings is 1. The van der Waals surface area contributed by atoms with Gasteiger partial charge in [0.15, 0.2) is 0 Å². The number of nitrogens with zero attached hydrogens (tertiary/aromatic N) is 2. The van der Waals surface area contributed by atoms with Gasteiger partial charge in [-0.15, -0.1) is 0 Å². The van der Waals surface area contributed by atoms with E-state index >= 15 is 0 Å². The Morgan fingerprint density at radius 2 is 1.82 bits per heavy atom. The molecule has 0 spiro atoms. The Kier molecular flexibility index (Phi) is 9.88. The van der Waals surface area contributed by atoms with Crippen LogP contribution < -0.4 is 15.4 Å². The van der Waals surface area contributed by atoms with E-state index in [0.717, 1.165) is 76.0 Å². The number of hydrogen-bond donors (Lipinski definition) is 2. The summed E-state index contributed by atoms with van der Waals surface area (Å²) in [5.74, 6) is 1.42. The lowest BCUT2D eigenvalue weighted by atomic mass is 9.92. The molecule has 0 aliphatic carbocycles. The highest BCUT2D eigenvalue weighted by Gasteiger charge is 2.34. The maximum absolute atomic E-state index is 12.9. The van der Waals surface area contributed by atoms with Gasteiger partial charge in [0.25, 0.3) is 5.91 Å². The van der Waals surface area contributed by atoms with E-state index in [-0.39, 0.29) is 36.1 Å². The van der Waals surface area contributed by atoms with Crippen molar-refractivity contribution < 1.29 is 23.9 Å². The van der Waals surface area contributed by atoms with E-state index < -0.39 is 0 Å². The SMILES string of the molecule is Cc1cc(OCCCC2CCN(C(=O)OC(C)C)CC2)ccc1C(=O)N[C@@H]1CN[C@H](C(=O)N2CCCC2)C1. The summed E-state index contributed by atoms with van der Waals surface area (Å²) in [7, 11) is 0. The van der Waals surface area contributed by atoms with Gasteiger partial charge in [-0.2, -0.15) is 0 Å². The van der Waals surface area contributed by atoms with Crippen molar-refractivity contribution in [3.05, 3.63) is 29.3 Å². The highest BCUT2D eigenvalue weighted by Crippen LogP contribution is 2.24. The molecule has 3 aliphatic rings. The van der Waals surface area contributed by atoms with Crippen molar-refractivity contribution in [2.45, 2.75) is 83.9 Å². The van der Waals surface area contributed by atoms with E-state index in [4.69, 9.17) is 9.47 Å². The highest BCUT2D eigenvalue weighted by atomic mass is 16.6. The molecule has 0 radical (unpaired) electrons. The second-order valence-electron chi connectivity index (χ2n) is 11.2. The number of carbonyl (C=O) groups is 3. The van der Waals surface area contributed by atoms with Crippen LogP contribution in [0.5, 0.6) is 5.75 Å². The van der Waals surface area contributed by atoms with Gasteiger partial charge in [0.2, 0.25) is 5.91 Å². The molecule has 0 saturated carbocycles. The van der Waals surface area contributed by atoms with Crippen molar-refractivity contribution in [3.63, 3.8) is 0 Å². The predicted molar refractivity (Wildman–Crippen MR) is 145 cm³/mol. The highest BCUT2D eigenvalue weighted by molar-refractivity contribution is 5.96. The fourth-order valence-corrected chi connectivity index (χ4v) is 5.68. The Morgan fingerprint density at radius 3 is 2.50 bits per heavy atom. The molecule has 1 aromatic rings. The molecule has 3 saturated heterocycles. The molecule has 0 aromatic heterocycles. The number of benzene rings is 1. The fourth-order valence-electron chi connectivity index (χ4n) is 5.68. The largest absolute Gasteiger partial charge is 0.494 e. The Labute approximate surface area is 226 Å². The lowest BCUT2D eigenvalue weighted by Crippen LogP contribution is -2.42. The van der Waals surface area contributed by atoms with Crippen LogP contribution in [0.3, 0.4) is 0 Å². The minimum atomic E-state index is -0.204. The summed E-state index contributed by atoms with van der Waals surface area (Å²) in [4.78, 5) is 41.3. The molecule has 4 rings (SSSR count). The van der Waals surface area contributed by atoms with E-state index in [9.17, 15) is 14.4 Å². The van der Waals surface area contributed by atoms with Crippen molar-refractivity contribution in [2.24, 2.45) is 5.92 Å². The van der Waals surface area contributed by atoms with Gasteiger partial charge in [-0.05, 0) is 95.4 Å². The first kappa shape index (κ1) is 28.2. The van der Waals surface area contributed by atoms with Gasteiger partial charge in [0.1, 0.15) is 5.75 Å². The van der Waals surface area contributed by atoms with Crippen molar-refractivity contribution in [1.29, 1.82) is 0 Å². The number of aryl methyl sites for hydroxylation is 1. The second-order valence-corrected chi connectivity index (χ2v) is 11.2. The van der Waals surface area contributed by atoms with Crippen LogP contribution in [0, 0.1) is 12.8 Å². The van der Waals surface area contributed by atoms with Crippen LogP contribution in [-0.2, 0) is 9.53 Å². The molecular weight excluding hydrogens is 484 g/mol. The number of rotatable bonds is 9. The summed E-state index contributed by atoms with van der Waals surface area (Å²) in [6, 6.07) is 5.33. The summed E-state index contributed by atoms with van der Waals surface area (Å²) >= 11 is 0. The maximum Gasteiger partial charge on any atom is 0.410 e. The summed E-state index contributed by atoms with van der Waals surface area (Å²) in [5, 5.41) is 6.37. The van der Waals surface area contributed by atoms with Crippen LogP contribution in [-0.4, -0.2) is 85.2 Å². The molecule has 38 heavy (non-hydrogen) atoms. The molecule has 2 atom stereocenters. The average Bonchev–Trinajstić information content (AvgIpc) is 3.59. The third-order valence-electron chi connectivity index (χ3n) is 7.86. The molecule has 0 unspecified atom stereocenters. The first-order valence-corrected chi connectivity index (χ1v) is 14.3. The first-order valence-electron chi connectivity index (χ1n) is 14.3. The zero-order valence-electron chi connectivity index (χ0n) is 23.2. The number of carbonyl (C=O) groups excluding carboxylic acids is 3. The summed E-state index contributed by atoms with van der Waals surface area (Å²) in [5.41, 5.74) is 1.51. The van der Waals surface area contributed by atoms with E-state index in [1.807, 2.05) is 48.8 Å². The Hall–Kier alpha value is -2.81. The standard InChI is InChI=1S/C29H44N4O5/c1-20(2)38-29(36)33-14-10-22(11-15-33)7-6-16-37-24-8-9-25(21(3)17-24)27(34)31-23-18-26(30-19-23)28(35)32-12-4-5-13-32/h8-9,17,20,22-23,26,30H,4-7,10-16,18-19H2,1-3H3,(H,31,34)/t23-,26-/m0/s1. The first-order chi connectivity index (χ1) is 18.3. The van der Waals surface area contributed by atoms with E-state index in [1.165, 1.54) is 0 Å². The molecular formula is C29H44N4O5. The van der Waals surface area contributed by atoms with E-state index in [2.05, 4.69) is 10.6 Å². The van der Waals surface area contributed by atoms with Crippen LogP contribution >= 0.6 is 0 Å². The van der Waals surface area contributed by atoms with Gasteiger partial charge < -0.3 is 29.9 Å². The monoisotopic (exact) mass is 528 g/mol. The van der Waals surface area contributed by atoms with E-state index in [1.54, 1.807) is 0 Å². The molecule has 9 nitrogen and oxygen atoms in total. The molecule has 2 N–H and O–H groups in total. The molecule has 1 aromatic carbocycles. The maximum atomic E-state index is 12.9. The fraction of sp³-hybridized carbons (Fsp3) is 0.690. The lowest BCUT2D eigenvalue weighted by molar-refractivity contribution is -0.132. The zero-order chi connectivity index (χ0) is 27.1. The van der Waals surface area contributed by atoms with Gasteiger partial charge in [-0.1, -0.05) is 0 Å². The van der Waals surface area contributed by atoms with Crippen molar-refractivity contribution in [1.82, 2.24) is 20.4 Å². The Balaban J connectivity index is 1.15. The quantitative estimate of drug-likeness (QED) is 0.476. The van der Waals surface area contributed by atoms with Crippen molar-refractivity contribution in [3.8, 4) is 5.75 Å². The number of hydrogen-bond acceptors (Lipinski definition) is 6. The number of ether oxygens (including phenoxy) is 2. The minimum Gasteiger partial charge on any atom is -0.494 e. The van der Waals surface area contributed by atoms with Crippen LogP contribution in [0.4, 0.5) is 4.79 Å². The minimum absolute atomic E-state index is 0.0536. The van der Waals surface area contributed by atoms with Gasteiger partial charge in [0, 0.05) is 44.3 Å². The van der Waals surface area contributed by atoms with Crippen LogP contribution in [0.2, 0.25) is 0 Å². The lowest BCUT2D eigenvalue weighted by Gasteiger charge is -2.31. The van der Waals surface area contributed by atoms with Gasteiger partial charge in [0.05, 0.1) is 18.8 Å². The summed E-state index contributed by atoms with van der Waals surface area (Å²) < 4.78 is 11.3. The van der Waals surface area contributed by atoms with Gasteiger partial charge in [-0.3, -0.25) is 9.59 Å². The average molecular weight is 529 g/mol. The topological polar surface area (TPSA) is 100 Å². The molecule has 3 amide bonds. The van der Waals surface area contributed by atoms with Gasteiger partial charge in [-0.25, -0.2) is 4.79 Å². The van der Waals surface area contributed by atoms with Crippen LogP contribution in [0.25, 0.3) is 0 Å².